The topological polar surface area (TPSA) is 98.2 Å². The molecule has 1 atom stereocenters. The summed E-state index contributed by atoms with van der Waals surface area (Å²) in [5.41, 5.74) is 8.15. The smallest absolute Gasteiger partial charge is 0.238 e. The largest absolute Gasteiger partial charge is 0.397 e. The maximum atomic E-state index is 11.2. The highest BCUT2D eigenvalue weighted by Gasteiger charge is 2.11. The van der Waals surface area contributed by atoms with Crippen molar-refractivity contribution in [2.24, 2.45) is 5.14 Å². The number of benzene rings is 2. The maximum Gasteiger partial charge on any atom is 0.238 e. The molecule has 0 aliphatic rings. The van der Waals surface area contributed by atoms with Crippen LogP contribution in [-0.2, 0) is 10.0 Å². The molecule has 2 aromatic carbocycles. The molecular weight excluding hydrogens is 286 g/mol. The molecule has 0 radical (unpaired) electrons. The Bertz CT molecular complexity index is 715. The van der Waals surface area contributed by atoms with Crippen molar-refractivity contribution in [1.29, 1.82) is 0 Å². The SMILES string of the molecule is CC(CNc1ccc(S(N)(=O)=O)cc1N)c1ccccc1. The molecule has 112 valence electrons. The third kappa shape index (κ3) is 3.96. The van der Waals surface area contributed by atoms with Gasteiger partial charge in [0.1, 0.15) is 0 Å². The first-order chi connectivity index (χ1) is 9.88. The van der Waals surface area contributed by atoms with E-state index >= 15 is 0 Å². The number of nitrogen functional groups attached to an aromatic ring is 1. The summed E-state index contributed by atoms with van der Waals surface area (Å²) in [4.78, 5) is 0.0154. The van der Waals surface area contributed by atoms with Crippen molar-refractivity contribution in [2.45, 2.75) is 17.7 Å². The molecule has 0 saturated heterocycles. The van der Waals surface area contributed by atoms with Gasteiger partial charge in [-0.05, 0) is 29.7 Å². The standard InChI is InChI=1S/C15H19N3O2S/c1-11(12-5-3-2-4-6-12)10-18-15-8-7-13(9-14(15)16)21(17,19)20/h2-9,11,18H,10,16H2,1H3,(H2,17,19,20). The van der Waals surface area contributed by atoms with Gasteiger partial charge in [-0.1, -0.05) is 37.3 Å². The van der Waals surface area contributed by atoms with Crippen LogP contribution in [-0.4, -0.2) is 15.0 Å². The van der Waals surface area contributed by atoms with E-state index in [2.05, 4.69) is 24.4 Å². The minimum Gasteiger partial charge on any atom is -0.397 e. The first-order valence-electron chi connectivity index (χ1n) is 6.59. The van der Waals surface area contributed by atoms with Crippen LogP contribution in [0.1, 0.15) is 18.4 Å². The molecule has 0 spiro atoms. The average molecular weight is 305 g/mol. The predicted octanol–water partition coefficient (Wildman–Crippen LogP) is 2.13. The van der Waals surface area contributed by atoms with E-state index in [4.69, 9.17) is 10.9 Å². The van der Waals surface area contributed by atoms with Gasteiger partial charge in [0.05, 0.1) is 16.3 Å². The van der Waals surface area contributed by atoms with Crippen molar-refractivity contribution in [1.82, 2.24) is 0 Å². The number of nitrogens with one attached hydrogen (secondary N) is 1. The maximum absolute atomic E-state index is 11.2. The third-order valence-electron chi connectivity index (χ3n) is 3.32. The molecule has 6 heteroatoms. The highest BCUT2D eigenvalue weighted by molar-refractivity contribution is 7.89. The van der Waals surface area contributed by atoms with Crippen LogP contribution in [0.25, 0.3) is 0 Å². The van der Waals surface area contributed by atoms with Crippen LogP contribution in [0.15, 0.2) is 53.4 Å². The minimum absolute atomic E-state index is 0.0154. The Morgan fingerprint density at radius 2 is 1.81 bits per heavy atom. The van der Waals surface area contributed by atoms with Crippen LogP contribution < -0.4 is 16.2 Å². The summed E-state index contributed by atoms with van der Waals surface area (Å²) < 4.78 is 22.5. The number of nitrogens with two attached hydrogens (primary N) is 2. The van der Waals surface area contributed by atoms with Gasteiger partial charge < -0.3 is 11.1 Å². The second-order valence-electron chi connectivity index (χ2n) is 4.99. The van der Waals surface area contributed by atoms with Gasteiger partial charge in [0, 0.05) is 6.54 Å². The summed E-state index contributed by atoms with van der Waals surface area (Å²) >= 11 is 0. The summed E-state index contributed by atoms with van der Waals surface area (Å²) in [7, 11) is -3.72. The number of primary sulfonamides is 1. The normalized spacial score (nSPS) is 12.9. The van der Waals surface area contributed by atoms with Gasteiger partial charge in [-0.3, -0.25) is 0 Å². The van der Waals surface area contributed by atoms with E-state index in [1.165, 1.54) is 17.7 Å². The average Bonchev–Trinajstić information content (AvgIpc) is 2.45. The minimum atomic E-state index is -3.72. The highest BCUT2D eigenvalue weighted by atomic mass is 32.2. The first-order valence-corrected chi connectivity index (χ1v) is 8.13. The van der Waals surface area contributed by atoms with Crippen molar-refractivity contribution in [3.63, 3.8) is 0 Å². The number of sulfonamides is 1. The van der Waals surface area contributed by atoms with Crippen molar-refractivity contribution >= 4 is 21.4 Å². The van der Waals surface area contributed by atoms with E-state index in [9.17, 15) is 8.42 Å². The van der Waals surface area contributed by atoms with Crippen LogP contribution >= 0.6 is 0 Å². The lowest BCUT2D eigenvalue weighted by molar-refractivity contribution is 0.598. The van der Waals surface area contributed by atoms with E-state index in [1.807, 2.05) is 18.2 Å². The first kappa shape index (κ1) is 15.3. The number of rotatable bonds is 5. The molecule has 5 nitrogen and oxygen atoms in total. The molecule has 5 N–H and O–H groups in total. The molecule has 0 fully saturated rings. The van der Waals surface area contributed by atoms with Crippen LogP contribution in [0.3, 0.4) is 0 Å². The Morgan fingerprint density at radius 1 is 1.14 bits per heavy atom. The molecule has 0 bridgehead atoms. The van der Waals surface area contributed by atoms with Gasteiger partial charge in [-0.25, -0.2) is 13.6 Å². The fourth-order valence-corrected chi connectivity index (χ4v) is 2.59. The number of anilines is 2. The summed E-state index contributed by atoms with van der Waals surface area (Å²) in [5, 5.41) is 8.30. The molecular formula is C15H19N3O2S. The monoisotopic (exact) mass is 305 g/mol. The fourth-order valence-electron chi connectivity index (χ4n) is 2.04. The van der Waals surface area contributed by atoms with E-state index in [1.54, 1.807) is 6.07 Å². The number of hydrogen-bond acceptors (Lipinski definition) is 4. The summed E-state index contributed by atoms with van der Waals surface area (Å²) in [6.45, 7) is 2.81. The predicted molar refractivity (Wildman–Crippen MR) is 85.6 cm³/mol. The summed E-state index contributed by atoms with van der Waals surface area (Å²) in [6.07, 6.45) is 0. The van der Waals surface area contributed by atoms with Gasteiger partial charge in [-0.15, -0.1) is 0 Å². The Balaban J connectivity index is 2.07. The van der Waals surface area contributed by atoms with Gasteiger partial charge >= 0.3 is 0 Å². The molecule has 0 aromatic heterocycles. The quantitative estimate of drug-likeness (QED) is 0.737. The van der Waals surface area contributed by atoms with Crippen molar-refractivity contribution in [3.05, 3.63) is 54.1 Å². The van der Waals surface area contributed by atoms with Gasteiger partial charge in [0.2, 0.25) is 10.0 Å². The van der Waals surface area contributed by atoms with Crippen LogP contribution in [0.4, 0.5) is 11.4 Å². The van der Waals surface area contributed by atoms with E-state index in [0.717, 1.165) is 0 Å². The molecule has 0 amide bonds. The zero-order valence-corrected chi connectivity index (χ0v) is 12.6. The highest BCUT2D eigenvalue weighted by Crippen LogP contribution is 2.23. The van der Waals surface area contributed by atoms with Crippen LogP contribution in [0.5, 0.6) is 0 Å². The molecule has 1 unspecified atom stereocenters. The molecule has 0 aliphatic heterocycles. The second kappa shape index (κ2) is 6.15. The van der Waals surface area contributed by atoms with E-state index in [0.29, 0.717) is 23.8 Å². The molecule has 0 aliphatic carbocycles. The van der Waals surface area contributed by atoms with E-state index in [-0.39, 0.29) is 4.90 Å². The molecule has 0 saturated carbocycles. The van der Waals surface area contributed by atoms with Crippen molar-refractivity contribution in [3.8, 4) is 0 Å². The lowest BCUT2D eigenvalue weighted by Gasteiger charge is -2.15. The Morgan fingerprint density at radius 3 is 2.38 bits per heavy atom. The molecule has 2 rings (SSSR count). The third-order valence-corrected chi connectivity index (χ3v) is 4.23. The van der Waals surface area contributed by atoms with Crippen LogP contribution in [0, 0.1) is 0 Å². The zero-order valence-electron chi connectivity index (χ0n) is 11.8. The lowest BCUT2D eigenvalue weighted by atomic mass is 10.0. The lowest BCUT2D eigenvalue weighted by Crippen LogP contribution is -2.14. The fraction of sp³-hybridized carbons (Fsp3) is 0.200. The van der Waals surface area contributed by atoms with E-state index < -0.39 is 10.0 Å². The summed E-state index contributed by atoms with van der Waals surface area (Å²) in [5.74, 6) is 0.309. The van der Waals surface area contributed by atoms with Crippen molar-refractivity contribution in [2.75, 3.05) is 17.6 Å². The molecule has 2 aromatic rings. The molecule has 21 heavy (non-hydrogen) atoms. The van der Waals surface area contributed by atoms with Gasteiger partial charge in [0.15, 0.2) is 0 Å². The molecule has 0 heterocycles. The number of hydrogen-bond donors (Lipinski definition) is 3. The van der Waals surface area contributed by atoms with Crippen molar-refractivity contribution < 1.29 is 8.42 Å². The van der Waals surface area contributed by atoms with Crippen LogP contribution in [0.2, 0.25) is 0 Å². The Kier molecular flexibility index (Phi) is 4.50. The van der Waals surface area contributed by atoms with Gasteiger partial charge in [0.25, 0.3) is 0 Å². The van der Waals surface area contributed by atoms with Gasteiger partial charge in [-0.2, -0.15) is 0 Å². The summed E-state index contributed by atoms with van der Waals surface area (Å²) in [6, 6.07) is 14.6. The second-order valence-corrected chi connectivity index (χ2v) is 6.55. The Hall–Kier alpha value is -2.05. The zero-order chi connectivity index (χ0) is 15.5. The Labute approximate surface area is 125 Å².